The van der Waals surface area contributed by atoms with Crippen LogP contribution >= 0.6 is 0 Å². The Labute approximate surface area is 116 Å². The first-order valence-corrected chi connectivity index (χ1v) is 8.10. The molecule has 0 bridgehead atoms. The molecule has 0 spiro atoms. The highest BCUT2D eigenvalue weighted by Crippen LogP contribution is 2.15. The van der Waals surface area contributed by atoms with Crippen LogP contribution < -0.4 is 5.32 Å². The lowest BCUT2D eigenvalue weighted by Crippen LogP contribution is -2.26. The van der Waals surface area contributed by atoms with Crippen molar-refractivity contribution in [3.05, 3.63) is 29.8 Å². The number of rotatable bonds is 7. The molecule has 19 heavy (non-hydrogen) atoms. The van der Waals surface area contributed by atoms with Crippen molar-refractivity contribution in [2.75, 3.05) is 20.1 Å². The van der Waals surface area contributed by atoms with Crippen LogP contribution in [0.2, 0.25) is 0 Å². The minimum atomic E-state index is -3.32. The third-order valence-electron chi connectivity index (χ3n) is 3.04. The fraction of sp³-hybridized carbons (Fsp3) is 0.571. The summed E-state index contributed by atoms with van der Waals surface area (Å²) in [4.78, 5) is 0.359. The van der Waals surface area contributed by atoms with Crippen LogP contribution in [0.15, 0.2) is 29.2 Å². The van der Waals surface area contributed by atoms with Crippen molar-refractivity contribution in [1.29, 1.82) is 0 Å². The van der Waals surface area contributed by atoms with E-state index >= 15 is 0 Å². The van der Waals surface area contributed by atoms with E-state index in [2.05, 4.69) is 19.2 Å². The summed E-state index contributed by atoms with van der Waals surface area (Å²) in [5.41, 5.74) is 1.14. The fourth-order valence-electron chi connectivity index (χ4n) is 1.68. The molecule has 0 saturated heterocycles. The standard InChI is InChI=1S/C14H24N2O2S/c1-5-16(4)19(17,18)14-8-6-13(7-9-14)10-11-15-12(2)3/h6-9,12,15H,5,10-11H2,1-4H3. The lowest BCUT2D eigenvalue weighted by molar-refractivity contribution is 0.486. The number of benzene rings is 1. The van der Waals surface area contributed by atoms with Gasteiger partial charge in [-0.25, -0.2) is 12.7 Å². The molecule has 0 unspecified atom stereocenters. The molecule has 1 aromatic rings. The minimum absolute atomic E-state index is 0.359. The van der Waals surface area contributed by atoms with Crippen molar-refractivity contribution < 1.29 is 8.42 Å². The predicted molar refractivity (Wildman–Crippen MR) is 78.8 cm³/mol. The minimum Gasteiger partial charge on any atom is -0.314 e. The van der Waals surface area contributed by atoms with Gasteiger partial charge in [-0.15, -0.1) is 0 Å². The molecule has 0 aliphatic heterocycles. The second kappa shape index (κ2) is 7.03. The van der Waals surface area contributed by atoms with Gasteiger partial charge in [0.05, 0.1) is 4.90 Å². The lowest BCUT2D eigenvalue weighted by atomic mass is 10.1. The first kappa shape index (κ1) is 16.1. The lowest BCUT2D eigenvalue weighted by Gasteiger charge is -2.15. The van der Waals surface area contributed by atoms with Gasteiger partial charge in [-0.1, -0.05) is 32.9 Å². The maximum absolute atomic E-state index is 12.1. The van der Waals surface area contributed by atoms with E-state index in [4.69, 9.17) is 0 Å². The molecule has 0 amide bonds. The number of nitrogens with one attached hydrogen (secondary N) is 1. The molecule has 4 nitrogen and oxygen atoms in total. The van der Waals surface area contributed by atoms with Crippen LogP contribution in [0.1, 0.15) is 26.3 Å². The molecule has 0 aliphatic carbocycles. The summed E-state index contributed by atoms with van der Waals surface area (Å²) >= 11 is 0. The zero-order valence-electron chi connectivity index (χ0n) is 12.2. The topological polar surface area (TPSA) is 49.4 Å². The molecule has 1 N–H and O–H groups in total. The van der Waals surface area contributed by atoms with Gasteiger partial charge >= 0.3 is 0 Å². The van der Waals surface area contributed by atoms with E-state index in [9.17, 15) is 8.42 Å². The highest BCUT2D eigenvalue weighted by Gasteiger charge is 2.18. The van der Waals surface area contributed by atoms with E-state index in [0.717, 1.165) is 18.5 Å². The summed E-state index contributed by atoms with van der Waals surface area (Å²) in [6, 6.07) is 7.62. The highest BCUT2D eigenvalue weighted by atomic mass is 32.2. The smallest absolute Gasteiger partial charge is 0.242 e. The highest BCUT2D eigenvalue weighted by molar-refractivity contribution is 7.89. The summed E-state index contributed by atoms with van der Waals surface area (Å²) in [7, 11) is -1.73. The Morgan fingerprint density at radius 1 is 1.21 bits per heavy atom. The molecule has 1 rings (SSSR count). The second-order valence-corrected chi connectivity index (χ2v) is 6.97. The third kappa shape index (κ3) is 4.60. The molecule has 108 valence electrons. The largest absolute Gasteiger partial charge is 0.314 e. The van der Waals surface area contributed by atoms with E-state index in [0.29, 0.717) is 17.5 Å². The Bertz CT molecular complexity index is 481. The van der Waals surface area contributed by atoms with E-state index in [1.807, 2.05) is 19.1 Å². The van der Waals surface area contributed by atoms with Gasteiger partial charge in [0.15, 0.2) is 0 Å². The first-order valence-electron chi connectivity index (χ1n) is 6.66. The van der Waals surface area contributed by atoms with Crippen LogP contribution in [0.25, 0.3) is 0 Å². The summed E-state index contributed by atoms with van der Waals surface area (Å²) in [6.45, 7) is 7.41. The molecule has 0 aliphatic rings. The molecule has 0 radical (unpaired) electrons. The number of sulfonamides is 1. The summed E-state index contributed by atoms with van der Waals surface area (Å²) in [5.74, 6) is 0. The number of nitrogens with zero attached hydrogens (tertiary/aromatic N) is 1. The Morgan fingerprint density at radius 3 is 2.26 bits per heavy atom. The molecule has 0 atom stereocenters. The summed E-state index contributed by atoms with van der Waals surface area (Å²) < 4.78 is 25.5. The van der Waals surface area contributed by atoms with Crippen molar-refractivity contribution in [3.63, 3.8) is 0 Å². The van der Waals surface area contributed by atoms with E-state index < -0.39 is 10.0 Å². The molecule has 0 heterocycles. The quantitative estimate of drug-likeness (QED) is 0.831. The molecular weight excluding hydrogens is 260 g/mol. The van der Waals surface area contributed by atoms with Crippen molar-refractivity contribution in [2.45, 2.75) is 38.1 Å². The van der Waals surface area contributed by atoms with Gasteiger partial charge in [-0.2, -0.15) is 0 Å². The van der Waals surface area contributed by atoms with Gasteiger partial charge in [0.1, 0.15) is 0 Å². The van der Waals surface area contributed by atoms with Crippen LogP contribution in [0.3, 0.4) is 0 Å². The van der Waals surface area contributed by atoms with Crippen molar-refractivity contribution in [2.24, 2.45) is 0 Å². The van der Waals surface area contributed by atoms with Crippen molar-refractivity contribution in [3.8, 4) is 0 Å². The van der Waals surface area contributed by atoms with Gasteiger partial charge in [0.25, 0.3) is 0 Å². The molecule has 0 saturated carbocycles. The monoisotopic (exact) mass is 284 g/mol. The maximum Gasteiger partial charge on any atom is 0.242 e. The average Bonchev–Trinajstić information content (AvgIpc) is 2.38. The van der Waals surface area contributed by atoms with E-state index in [-0.39, 0.29) is 0 Å². The van der Waals surface area contributed by atoms with Crippen LogP contribution in [-0.4, -0.2) is 38.9 Å². The first-order chi connectivity index (χ1) is 8.87. The maximum atomic E-state index is 12.1. The van der Waals surface area contributed by atoms with Gasteiger partial charge < -0.3 is 5.32 Å². The Balaban J connectivity index is 2.71. The molecule has 5 heteroatoms. The van der Waals surface area contributed by atoms with Crippen LogP contribution in [-0.2, 0) is 16.4 Å². The van der Waals surface area contributed by atoms with Gasteiger partial charge in [-0.05, 0) is 30.7 Å². The van der Waals surface area contributed by atoms with Crippen LogP contribution in [0.5, 0.6) is 0 Å². The zero-order chi connectivity index (χ0) is 14.5. The molecule has 0 aromatic heterocycles. The van der Waals surface area contributed by atoms with Gasteiger partial charge in [0, 0.05) is 19.6 Å². The Hall–Kier alpha value is -0.910. The van der Waals surface area contributed by atoms with E-state index in [1.165, 1.54) is 4.31 Å². The summed E-state index contributed by atoms with van der Waals surface area (Å²) in [6.07, 6.45) is 0.905. The SMILES string of the molecule is CCN(C)S(=O)(=O)c1ccc(CCNC(C)C)cc1. The number of hydrogen-bond acceptors (Lipinski definition) is 3. The Morgan fingerprint density at radius 2 is 1.79 bits per heavy atom. The zero-order valence-corrected chi connectivity index (χ0v) is 13.0. The fourth-order valence-corrected chi connectivity index (χ4v) is 2.86. The van der Waals surface area contributed by atoms with Gasteiger partial charge in [-0.3, -0.25) is 0 Å². The number of hydrogen-bond donors (Lipinski definition) is 1. The third-order valence-corrected chi connectivity index (χ3v) is 4.99. The Kier molecular flexibility index (Phi) is 5.97. The van der Waals surface area contributed by atoms with Crippen molar-refractivity contribution in [1.82, 2.24) is 9.62 Å². The molecule has 0 fully saturated rings. The average molecular weight is 284 g/mol. The van der Waals surface area contributed by atoms with Crippen LogP contribution in [0.4, 0.5) is 0 Å². The molecular formula is C14H24N2O2S. The predicted octanol–water partition coefficient (Wildman–Crippen LogP) is 1.87. The van der Waals surface area contributed by atoms with Crippen molar-refractivity contribution >= 4 is 10.0 Å². The van der Waals surface area contributed by atoms with Gasteiger partial charge in [0.2, 0.25) is 10.0 Å². The second-order valence-electron chi connectivity index (χ2n) is 4.92. The van der Waals surface area contributed by atoms with E-state index in [1.54, 1.807) is 19.2 Å². The van der Waals surface area contributed by atoms with Crippen LogP contribution in [0, 0.1) is 0 Å². The molecule has 1 aromatic carbocycles. The summed E-state index contributed by atoms with van der Waals surface area (Å²) in [5, 5.41) is 3.34. The normalized spacial score (nSPS) is 12.3.